The molecule has 18 heavy (non-hydrogen) atoms. The van der Waals surface area contributed by atoms with Crippen LogP contribution in [0.15, 0.2) is 10.6 Å². The normalized spacial score (nSPS) is 11.3. The average Bonchev–Trinajstić information content (AvgIpc) is 2.96. The van der Waals surface area contributed by atoms with Crippen LogP contribution in [-0.2, 0) is 19.5 Å². The van der Waals surface area contributed by atoms with Gasteiger partial charge in [-0.05, 0) is 0 Å². The molecular formula is C11H18N6O. The molecule has 0 aliphatic rings. The molecule has 0 fully saturated rings. The first-order chi connectivity index (χ1) is 8.67. The van der Waals surface area contributed by atoms with Gasteiger partial charge >= 0.3 is 0 Å². The largest absolute Gasteiger partial charge is 0.423 e. The van der Waals surface area contributed by atoms with Crippen molar-refractivity contribution in [3.8, 4) is 0 Å². The van der Waals surface area contributed by atoms with E-state index >= 15 is 0 Å². The maximum absolute atomic E-state index is 5.42. The van der Waals surface area contributed by atoms with Crippen molar-refractivity contribution in [1.82, 2.24) is 30.5 Å². The number of hydrogen-bond acceptors (Lipinski definition) is 6. The van der Waals surface area contributed by atoms with Crippen molar-refractivity contribution in [2.24, 2.45) is 0 Å². The summed E-state index contributed by atoms with van der Waals surface area (Å²) >= 11 is 0. The Morgan fingerprint density at radius 1 is 1.28 bits per heavy atom. The summed E-state index contributed by atoms with van der Waals surface area (Å²) in [7, 11) is 0. The third kappa shape index (κ3) is 3.36. The van der Waals surface area contributed by atoms with E-state index in [4.69, 9.17) is 4.42 Å². The first-order valence-corrected chi connectivity index (χ1v) is 6.11. The highest BCUT2D eigenvalue weighted by Gasteiger charge is 2.07. The van der Waals surface area contributed by atoms with Crippen LogP contribution >= 0.6 is 0 Å². The van der Waals surface area contributed by atoms with Crippen LogP contribution in [0.4, 0.5) is 0 Å². The average molecular weight is 250 g/mol. The van der Waals surface area contributed by atoms with E-state index in [-0.39, 0.29) is 0 Å². The second-order valence-electron chi connectivity index (χ2n) is 4.39. The van der Waals surface area contributed by atoms with Gasteiger partial charge in [0, 0.05) is 19.0 Å². The smallest absolute Gasteiger partial charge is 0.237 e. The Hall–Kier alpha value is -1.76. The van der Waals surface area contributed by atoms with Gasteiger partial charge in [0.15, 0.2) is 0 Å². The van der Waals surface area contributed by atoms with E-state index in [2.05, 4.69) is 39.7 Å². The van der Waals surface area contributed by atoms with Crippen molar-refractivity contribution >= 4 is 0 Å². The van der Waals surface area contributed by atoms with E-state index < -0.39 is 0 Å². The van der Waals surface area contributed by atoms with Crippen molar-refractivity contribution in [3.05, 3.63) is 23.7 Å². The molecule has 1 N–H and O–H groups in total. The van der Waals surface area contributed by atoms with Gasteiger partial charge in [0.05, 0.1) is 11.9 Å². The van der Waals surface area contributed by atoms with Crippen LogP contribution in [-0.4, -0.2) is 31.2 Å². The minimum Gasteiger partial charge on any atom is -0.423 e. The fourth-order valence-corrected chi connectivity index (χ4v) is 1.44. The minimum absolute atomic E-state index is 0.429. The van der Waals surface area contributed by atoms with Crippen molar-refractivity contribution in [3.63, 3.8) is 0 Å². The predicted molar refractivity (Wildman–Crippen MR) is 64.8 cm³/mol. The molecule has 2 rings (SSSR count). The van der Waals surface area contributed by atoms with Crippen LogP contribution in [0.2, 0.25) is 0 Å². The van der Waals surface area contributed by atoms with Crippen molar-refractivity contribution in [2.45, 2.75) is 46.3 Å². The summed E-state index contributed by atoms with van der Waals surface area (Å²) in [5.74, 6) is 1.20. The zero-order chi connectivity index (χ0) is 13.0. The first-order valence-electron chi connectivity index (χ1n) is 6.11. The Morgan fingerprint density at radius 2 is 2.06 bits per heavy atom. The molecule has 0 amide bonds. The summed E-state index contributed by atoms with van der Waals surface area (Å²) in [6.07, 6.45) is 2.62. The van der Waals surface area contributed by atoms with Gasteiger partial charge in [0.25, 0.3) is 0 Å². The quantitative estimate of drug-likeness (QED) is 0.815. The molecule has 0 bridgehead atoms. The third-order valence-electron chi connectivity index (χ3n) is 2.39. The second kappa shape index (κ2) is 5.72. The lowest BCUT2D eigenvalue weighted by atomic mass is 10.3. The lowest BCUT2D eigenvalue weighted by Crippen LogP contribution is -2.21. The number of rotatable bonds is 6. The highest BCUT2D eigenvalue weighted by molar-refractivity contribution is 4.93. The first kappa shape index (κ1) is 12.7. The molecule has 0 radical (unpaired) electrons. The number of aryl methyl sites for hydroxylation is 1. The topological polar surface area (TPSA) is 81.7 Å². The van der Waals surface area contributed by atoms with E-state index in [1.807, 2.05) is 13.1 Å². The molecule has 0 aromatic carbocycles. The Labute approximate surface area is 106 Å². The van der Waals surface area contributed by atoms with Gasteiger partial charge in [0.2, 0.25) is 11.8 Å². The summed E-state index contributed by atoms with van der Waals surface area (Å²) in [6.45, 7) is 7.33. The third-order valence-corrected chi connectivity index (χ3v) is 2.39. The molecule has 0 atom stereocenters. The van der Waals surface area contributed by atoms with Gasteiger partial charge in [-0.3, -0.25) is 0 Å². The van der Waals surface area contributed by atoms with Crippen LogP contribution in [0.25, 0.3) is 0 Å². The second-order valence-corrected chi connectivity index (χ2v) is 4.39. The number of nitrogens with zero attached hydrogens (tertiary/aromatic N) is 5. The summed E-state index contributed by atoms with van der Waals surface area (Å²) in [6, 6.07) is 0.429. The lowest BCUT2D eigenvalue weighted by molar-refractivity contribution is 0.430. The summed E-state index contributed by atoms with van der Waals surface area (Å²) in [4.78, 5) is 0. The number of hydrogen-bond donors (Lipinski definition) is 1. The summed E-state index contributed by atoms with van der Waals surface area (Å²) < 4.78 is 7.12. The highest BCUT2D eigenvalue weighted by atomic mass is 16.4. The van der Waals surface area contributed by atoms with Crippen LogP contribution < -0.4 is 5.32 Å². The van der Waals surface area contributed by atoms with Gasteiger partial charge in [-0.1, -0.05) is 26.0 Å². The maximum Gasteiger partial charge on any atom is 0.237 e. The fourth-order valence-electron chi connectivity index (χ4n) is 1.44. The monoisotopic (exact) mass is 250 g/mol. The number of aromatic nitrogens is 5. The molecule has 7 nitrogen and oxygen atoms in total. The standard InChI is InChI=1S/C11H18N6O/c1-4-10-14-15-11(18-10)7-17-6-9(13-16-17)5-12-8(2)3/h6,8,12H,4-5,7H2,1-3H3. The van der Waals surface area contributed by atoms with E-state index in [0.717, 1.165) is 12.1 Å². The predicted octanol–water partition coefficient (Wildman–Crippen LogP) is 0.770. The van der Waals surface area contributed by atoms with E-state index in [1.54, 1.807) is 4.68 Å². The van der Waals surface area contributed by atoms with Crippen LogP contribution in [0, 0.1) is 0 Å². The van der Waals surface area contributed by atoms with Gasteiger partial charge < -0.3 is 9.73 Å². The number of nitrogens with one attached hydrogen (secondary N) is 1. The zero-order valence-corrected chi connectivity index (χ0v) is 10.9. The Balaban J connectivity index is 1.93. The van der Waals surface area contributed by atoms with Crippen molar-refractivity contribution in [2.75, 3.05) is 0 Å². The Kier molecular flexibility index (Phi) is 4.03. The minimum atomic E-state index is 0.429. The summed E-state index contributed by atoms with van der Waals surface area (Å²) in [5, 5.41) is 19.2. The van der Waals surface area contributed by atoms with Crippen LogP contribution in [0.5, 0.6) is 0 Å². The molecule has 0 aliphatic heterocycles. The van der Waals surface area contributed by atoms with Crippen LogP contribution in [0.3, 0.4) is 0 Å². The van der Waals surface area contributed by atoms with Crippen molar-refractivity contribution < 1.29 is 4.42 Å². The molecule has 0 saturated heterocycles. The van der Waals surface area contributed by atoms with Gasteiger partial charge in [-0.15, -0.1) is 15.3 Å². The molecule has 0 aliphatic carbocycles. The van der Waals surface area contributed by atoms with Gasteiger partial charge in [-0.25, -0.2) is 4.68 Å². The zero-order valence-electron chi connectivity index (χ0n) is 10.9. The van der Waals surface area contributed by atoms with Crippen LogP contribution in [0.1, 0.15) is 38.2 Å². The fraction of sp³-hybridized carbons (Fsp3) is 0.636. The molecule has 2 aromatic heterocycles. The lowest BCUT2D eigenvalue weighted by Gasteiger charge is -2.03. The van der Waals surface area contributed by atoms with Gasteiger partial charge in [0.1, 0.15) is 6.54 Å². The SMILES string of the molecule is CCc1nnc(Cn2cc(CNC(C)C)nn2)o1. The van der Waals surface area contributed by atoms with E-state index in [9.17, 15) is 0 Å². The molecule has 98 valence electrons. The van der Waals surface area contributed by atoms with E-state index in [0.29, 0.717) is 30.9 Å². The molecule has 0 saturated carbocycles. The van der Waals surface area contributed by atoms with E-state index in [1.165, 1.54) is 0 Å². The van der Waals surface area contributed by atoms with Crippen molar-refractivity contribution in [1.29, 1.82) is 0 Å². The maximum atomic E-state index is 5.42. The molecule has 0 unspecified atom stereocenters. The highest BCUT2D eigenvalue weighted by Crippen LogP contribution is 2.03. The van der Waals surface area contributed by atoms with Gasteiger partial charge in [-0.2, -0.15) is 0 Å². The molecule has 7 heteroatoms. The molecule has 0 spiro atoms. The molecular weight excluding hydrogens is 232 g/mol. The Bertz CT molecular complexity index is 489. The summed E-state index contributed by atoms with van der Waals surface area (Å²) in [5.41, 5.74) is 0.902. The molecule has 2 aromatic rings. The molecule has 2 heterocycles. The Morgan fingerprint density at radius 3 is 2.72 bits per heavy atom.